The van der Waals surface area contributed by atoms with Gasteiger partial charge in [0.15, 0.2) is 5.84 Å². The van der Waals surface area contributed by atoms with Gasteiger partial charge < -0.3 is 10.2 Å². The Hall–Kier alpha value is -6.00. The van der Waals surface area contributed by atoms with Crippen molar-refractivity contribution < 1.29 is 4.42 Å². The molecule has 8 rings (SSSR count). The summed E-state index contributed by atoms with van der Waals surface area (Å²) in [5.41, 5.74) is 13.5. The average Bonchev–Trinajstić information content (AvgIpc) is 3.50. The van der Waals surface area contributed by atoms with Gasteiger partial charge >= 0.3 is 0 Å². The Kier molecular flexibility index (Phi) is 6.65. The molecule has 0 aliphatic carbocycles. The fourth-order valence-corrected chi connectivity index (χ4v) is 6.23. The van der Waals surface area contributed by atoms with Crippen LogP contribution in [0.15, 0.2) is 166 Å². The van der Waals surface area contributed by atoms with Crippen molar-refractivity contribution in [2.45, 2.75) is 6.54 Å². The molecule has 4 heteroatoms. The molecule has 0 atom stereocenters. The van der Waals surface area contributed by atoms with Gasteiger partial charge in [0, 0.05) is 27.5 Å². The minimum Gasteiger partial charge on any atom is -0.455 e. The number of nitrogens with zero attached hydrogens (tertiary/aromatic N) is 2. The van der Waals surface area contributed by atoms with Gasteiger partial charge in [-0.05, 0) is 56.9 Å². The van der Waals surface area contributed by atoms with E-state index in [0.717, 1.165) is 65.9 Å². The van der Waals surface area contributed by atoms with E-state index in [9.17, 15) is 0 Å². The molecule has 2 N–H and O–H groups in total. The Labute approximate surface area is 260 Å². The van der Waals surface area contributed by atoms with Crippen molar-refractivity contribution in [3.63, 3.8) is 0 Å². The number of hydrogen-bond donors (Lipinski definition) is 1. The van der Waals surface area contributed by atoms with Crippen LogP contribution < -0.4 is 5.73 Å². The summed E-state index contributed by atoms with van der Waals surface area (Å²) >= 11 is 0. The van der Waals surface area contributed by atoms with E-state index in [2.05, 4.69) is 97.1 Å². The first-order valence-corrected chi connectivity index (χ1v) is 15.1. The van der Waals surface area contributed by atoms with Crippen LogP contribution in [-0.2, 0) is 6.54 Å². The fraction of sp³-hybridized carbons (Fsp3) is 0.0244. The number of aliphatic imine (C=N–C) groups is 2. The number of para-hydroxylation sites is 1. The first-order chi connectivity index (χ1) is 22.2. The monoisotopic (exact) mass is 579 g/mol. The lowest BCUT2D eigenvalue weighted by molar-refractivity contribution is 0.670. The van der Waals surface area contributed by atoms with Crippen molar-refractivity contribution >= 4 is 55.2 Å². The van der Waals surface area contributed by atoms with Gasteiger partial charge in [-0.1, -0.05) is 127 Å². The van der Waals surface area contributed by atoms with Crippen LogP contribution in [0.1, 0.15) is 16.7 Å². The predicted molar refractivity (Wildman–Crippen MR) is 188 cm³/mol. The number of fused-ring (bicyclic) bond motifs is 6. The van der Waals surface area contributed by atoms with Crippen LogP contribution in [0.25, 0.3) is 54.6 Å². The molecule has 1 heterocycles. The van der Waals surface area contributed by atoms with E-state index in [-0.39, 0.29) is 0 Å². The quantitative estimate of drug-likeness (QED) is 0.125. The van der Waals surface area contributed by atoms with Gasteiger partial charge in [0.05, 0.1) is 6.54 Å². The van der Waals surface area contributed by atoms with E-state index < -0.39 is 0 Å². The first-order valence-electron chi connectivity index (χ1n) is 15.1. The summed E-state index contributed by atoms with van der Waals surface area (Å²) in [6.07, 6.45) is 0. The zero-order valence-corrected chi connectivity index (χ0v) is 24.5. The van der Waals surface area contributed by atoms with Crippen LogP contribution in [0.5, 0.6) is 0 Å². The van der Waals surface area contributed by atoms with E-state index in [1.165, 1.54) is 5.39 Å². The highest BCUT2D eigenvalue weighted by molar-refractivity contribution is 6.25. The summed E-state index contributed by atoms with van der Waals surface area (Å²) in [5.74, 6) is 0.974. The van der Waals surface area contributed by atoms with Gasteiger partial charge in [-0.15, -0.1) is 0 Å². The zero-order valence-electron chi connectivity index (χ0n) is 24.5. The fourth-order valence-electron chi connectivity index (χ4n) is 6.23. The molecule has 0 aliphatic rings. The topological polar surface area (TPSA) is 63.9 Å². The van der Waals surface area contributed by atoms with Crippen LogP contribution >= 0.6 is 0 Å². The van der Waals surface area contributed by atoms with Crippen molar-refractivity contribution in [1.29, 1.82) is 0 Å². The van der Waals surface area contributed by atoms with Crippen molar-refractivity contribution in [3.05, 3.63) is 168 Å². The van der Waals surface area contributed by atoms with E-state index >= 15 is 0 Å². The third kappa shape index (κ3) is 4.83. The van der Waals surface area contributed by atoms with E-state index in [4.69, 9.17) is 20.1 Å². The third-order valence-corrected chi connectivity index (χ3v) is 8.38. The van der Waals surface area contributed by atoms with Crippen molar-refractivity contribution in [2.24, 2.45) is 15.7 Å². The normalized spacial score (nSPS) is 12.4. The van der Waals surface area contributed by atoms with E-state index in [0.29, 0.717) is 18.2 Å². The van der Waals surface area contributed by atoms with Crippen LogP contribution in [-0.4, -0.2) is 11.7 Å². The largest absolute Gasteiger partial charge is 0.455 e. The third-order valence-electron chi connectivity index (χ3n) is 8.38. The number of amidine groups is 2. The molecule has 1 aromatic heterocycles. The predicted octanol–water partition coefficient (Wildman–Crippen LogP) is 9.91. The van der Waals surface area contributed by atoms with Gasteiger partial charge in [-0.2, -0.15) is 0 Å². The molecule has 0 fully saturated rings. The smallest absolute Gasteiger partial charge is 0.157 e. The zero-order chi connectivity index (χ0) is 30.2. The number of hydrogen-bond acceptors (Lipinski definition) is 2. The molecule has 7 aromatic carbocycles. The number of benzene rings is 7. The van der Waals surface area contributed by atoms with Crippen LogP contribution in [0.4, 0.5) is 0 Å². The van der Waals surface area contributed by atoms with Crippen molar-refractivity contribution in [2.75, 3.05) is 0 Å². The number of furan rings is 1. The molecule has 0 aliphatic heterocycles. The number of rotatable bonds is 5. The molecule has 0 radical (unpaired) electrons. The minimum absolute atomic E-state index is 0.384. The molecule has 0 unspecified atom stereocenters. The van der Waals surface area contributed by atoms with Crippen LogP contribution in [0, 0.1) is 0 Å². The summed E-state index contributed by atoms with van der Waals surface area (Å²) < 4.78 is 6.49. The molecule has 214 valence electrons. The minimum atomic E-state index is 0.384. The molecule has 4 nitrogen and oxygen atoms in total. The molecular formula is C41H29N3O. The Morgan fingerprint density at radius 1 is 0.578 bits per heavy atom. The summed E-state index contributed by atoms with van der Waals surface area (Å²) in [5, 5.41) is 6.50. The summed E-state index contributed by atoms with van der Waals surface area (Å²) in [7, 11) is 0. The van der Waals surface area contributed by atoms with Crippen LogP contribution in [0.2, 0.25) is 0 Å². The molecule has 0 saturated carbocycles. The van der Waals surface area contributed by atoms with Crippen LogP contribution in [0.3, 0.4) is 0 Å². The second-order valence-electron chi connectivity index (χ2n) is 11.1. The lowest BCUT2D eigenvalue weighted by atomic mass is 9.96. The molecule has 0 amide bonds. The van der Waals surface area contributed by atoms with Gasteiger partial charge in [-0.3, -0.25) is 4.99 Å². The van der Waals surface area contributed by atoms with E-state index in [1.54, 1.807) is 0 Å². The second-order valence-corrected chi connectivity index (χ2v) is 11.1. The number of nitrogens with two attached hydrogens (primary N) is 1. The summed E-state index contributed by atoms with van der Waals surface area (Å²) in [6.45, 7) is 0.477. The Balaban J connectivity index is 1.36. The van der Waals surface area contributed by atoms with Gasteiger partial charge in [0.25, 0.3) is 0 Å². The molecule has 0 saturated heterocycles. The summed E-state index contributed by atoms with van der Waals surface area (Å²) in [4.78, 5) is 10.2. The highest BCUT2D eigenvalue weighted by Crippen LogP contribution is 2.38. The maximum atomic E-state index is 6.99. The Morgan fingerprint density at radius 3 is 2.02 bits per heavy atom. The average molecular weight is 580 g/mol. The highest BCUT2D eigenvalue weighted by Gasteiger charge is 2.19. The molecule has 8 aromatic rings. The molecular weight excluding hydrogens is 550 g/mol. The SMILES string of the molecule is N/C(=N\C(=N/Cc1ccccc1)c1cc2ccccc2c2ccccc12)c1ccc(-c2ccccc2)c2oc3ccccc3c12. The lowest BCUT2D eigenvalue weighted by Crippen LogP contribution is -2.17. The molecule has 0 spiro atoms. The van der Waals surface area contributed by atoms with Crippen molar-refractivity contribution in [3.8, 4) is 11.1 Å². The van der Waals surface area contributed by atoms with Gasteiger partial charge in [0.2, 0.25) is 0 Å². The Morgan fingerprint density at radius 2 is 1.22 bits per heavy atom. The molecule has 45 heavy (non-hydrogen) atoms. The maximum Gasteiger partial charge on any atom is 0.157 e. The second kappa shape index (κ2) is 11.3. The lowest BCUT2D eigenvalue weighted by Gasteiger charge is -2.12. The highest BCUT2D eigenvalue weighted by atomic mass is 16.3. The maximum absolute atomic E-state index is 6.99. The van der Waals surface area contributed by atoms with Gasteiger partial charge in [0.1, 0.15) is 17.0 Å². The molecule has 0 bridgehead atoms. The van der Waals surface area contributed by atoms with Crippen molar-refractivity contribution in [1.82, 2.24) is 0 Å². The first kappa shape index (κ1) is 26.6. The summed E-state index contributed by atoms with van der Waals surface area (Å²) in [6, 6.07) is 51.8. The van der Waals surface area contributed by atoms with Gasteiger partial charge in [-0.25, -0.2) is 4.99 Å². The Bertz CT molecular complexity index is 2400. The standard InChI is InChI=1S/C41H29N3O/c42-40(35-24-23-31(28-15-5-2-6-16-28)39-38(35)34-21-11-12-22-37(34)45-39)44-41(43-26-27-13-3-1-4-14-27)36-25-29-17-7-8-18-30(29)32-19-9-10-20-33(32)36/h1-25H,26H2,(H2,42,43,44). The van der Waals surface area contributed by atoms with E-state index in [1.807, 2.05) is 54.6 Å².